The predicted octanol–water partition coefficient (Wildman–Crippen LogP) is 4.77. The first-order valence-corrected chi connectivity index (χ1v) is 10.9. The van der Waals surface area contributed by atoms with Gasteiger partial charge in [0.15, 0.2) is 5.65 Å². The van der Waals surface area contributed by atoms with Gasteiger partial charge in [0.2, 0.25) is 0 Å². The van der Waals surface area contributed by atoms with Crippen LogP contribution in [0.25, 0.3) is 28.3 Å². The molecule has 0 aliphatic rings. The zero-order valence-electron chi connectivity index (χ0n) is 18.4. The van der Waals surface area contributed by atoms with Gasteiger partial charge in [-0.15, -0.1) is 0 Å². The van der Waals surface area contributed by atoms with Gasteiger partial charge in [-0.2, -0.15) is 10.1 Å². The van der Waals surface area contributed by atoms with Gasteiger partial charge in [-0.05, 0) is 48.9 Å². The molecule has 4 heterocycles. The molecule has 5 rings (SSSR count). The van der Waals surface area contributed by atoms with E-state index in [0.29, 0.717) is 34.3 Å². The van der Waals surface area contributed by atoms with Gasteiger partial charge in [0.25, 0.3) is 0 Å². The number of imidazole rings is 1. The number of fused-ring (bicyclic) bond motifs is 1. The summed E-state index contributed by atoms with van der Waals surface area (Å²) in [7, 11) is 1.65. The number of aromatic nitrogens is 6. The van der Waals surface area contributed by atoms with Crippen molar-refractivity contribution in [2.24, 2.45) is 0 Å². The minimum Gasteiger partial charge on any atom is -0.375 e. The van der Waals surface area contributed by atoms with E-state index in [1.54, 1.807) is 23.7 Å². The molecule has 0 radical (unpaired) electrons. The maximum atomic E-state index is 12.8. The third kappa shape index (κ3) is 4.46. The first kappa shape index (κ1) is 21.6. The van der Waals surface area contributed by atoms with Crippen molar-refractivity contribution < 1.29 is 9.53 Å². The van der Waals surface area contributed by atoms with E-state index in [4.69, 9.17) is 16.3 Å². The predicted molar refractivity (Wildman–Crippen MR) is 127 cm³/mol. The summed E-state index contributed by atoms with van der Waals surface area (Å²) < 4.78 is 7.23. The number of nitrogens with zero attached hydrogens (tertiary/aromatic N) is 6. The van der Waals surface area contributed by atoms with E-state index in [-0.39, 0.29) is 6.01 Å². The number of carbonyl (C=O) groups excluding carboxylic acids is 1. The van der Waals surface area contributed by atoms with Gasteiger partial charge in [-0.25, -0.2) is 14.3 Å². The highest BCUT2D eigenvalue weighted by atomic mass is 35.5. The molecule has 0 fully saturated rings. The Bertz CT molecular complexity index is 1490. The number of ether oxygens (including phenoxy) is 1. The van der Waals surface area contributed by atoms with Crippen LogP contribution in [0.2, 0.25) is 5.02 Å². The largest absolute Gasteiger partial charge is 0.417 e. The van der Waals surface area contributed by atoms with Crippen molar-refractivity contribution in [2.75, 3.05) is 7.05 Å². The number of aromatic amines is 1. The van der Waals surface area contributed by atoms with Crippen LogP contribution in [0.15, 0.2) is 67.1 Å². The molecule has 0 aliphatic carbocycles. The molecule has 0 saturated carbocycles. The lowest BCUT2D eigenvalue weighted by atomic mass is 10.1. The normalized spacial score (nSPS) is 11.0. The van der Waals surface area contributed by atoms with Crippen LogP contribution in [-0.4, -0.2) is 47.6 Å². The molecule has 0 aliphatic heterocycles. The van der Waals surface area contributed by atoms with Crippen molar-refractivity contribution in [3.63, 3.8) is 0 Å². The Morgan fingerprint density at radius 1 is 1.15 bits per heavy atom. The summed E-state index contributed by atoms with van der Waals surface area (Å²) >= 11 is 6.05. The number of hydrogen-bond acceptors (Lipinski definition) is 6. The van der Waals surface area contributed by atoms with E-state index in [9.17, 15) is 4.79 Å². The zero-order valence-corrected chi connectivity index (χ0v) is 19.2. The van der Waals surface area contributed by atoms with Gasteiger partial charge in [-0.1, -0.05) is 29.8 Å². The van der Waals surface area contributed by atoms with E-state index >= 15 is 0 Å². The van der Waals surface area contributed by atoms with Crippen LogP contribution < -0.4 is 4.74 Å². The number of amides is 1. The van der Waals surface area contributed by atoms with E-state index in [0.717, 1.165) is 16.8 Å². The summed E-state index contributed by atoms with van der Waals surface area (Å²) in [5, 5.41) is 4.80. The van der Waals surface area contributed by atoms with Crippen LogP contribution in [0.1, 0.15) is 11.3 Å². The zero-order chi connectivity index (χ0) is 23.7. The minimum atomic E-state index is -0.559. The maximum Gasteiger partial charge on any atom is 0.417 e. The third-order valence-electron chi connectivity index (χ3n) is 5.18. The van der Waals surface area contributed by atoms with Gasteiger partial charge in [0.05, 0.1) is 11.4 Å². The monoisotopic (exact) mass is 473 g/mol. The molecule has 1 aromatic carbocycles. The van der Waals surface area contributed by atoms with Crippen LogP contribution in [0.3, 0.4) is 0 Å². The molecule has 4 aromatic heterocycles. The highest BCUT2D eigenvalue weighted by molar-refractivity contribution is 6.30. The number of halogens is 1. The van der Waals surface area contributed by atoms with Crippen LogP contribution in [0.5, 0.6) is 6.01 Å². The summed E-state index contributed by atoms with van der Waals surface area (Å²) in [5.74, 6) is 0. The van der Waals surface area contributed by atoms with Crippen molar-refractivity contribution >= 4 is 23.3 Å². The van der Waals surface area contributed by atoms with Gasteiger partial charge in [0, 0.05) is 36.1 Å². The van der Waals surface area contributed by atoms with E-state index in [1.165, 1.54) is 11.2 Å². The molecular formula is C24H20ClN7O2. The smallest absolute Gasteiger partial charge is 0.375 e. The lowest BCUT2D eigenvalue weighted by molar-refractivity contribution is 0.157. The second kappa shape index (κ2) is 8.95. The van der Waals surface area contributed by atoms with Crippen LogP contribution in [0.4, 0.5) is 4.79 Å². The molecule has 0 atom stereocenters. The quantitative estimate of drug-likeness (QED) is 0.394. The lowest BCUT2D eigenvalue weighted by Crippen LogP contribution is -2.29. The minimum absolute atomic E-state index is 0.0648. The van der Waals surface area contributed by atoms with Gasteiger partial charge in [0.1, 0.15) is 12.0 Å². The summed E-state index contributed by atoms with van der Waals surface area (Å²) in [5.41, 5.74) is 5.10. The van der Waals surface area contributed by atoms with Crippen molar-refractivity contribution in [1.82, 2.24) is 34.4 Å². The molecule has 1 N–H and O–H groups in total. The number of carbonyl (C=O) groups is 1. The molecular weight excluding hydrogens is 454 g/mol. The number of nitrogens with one attached hydrogen (secondary N) is 1. The molecule has 34 heavy (non-hydrogen) atoms. The molecule has 5 aromatic rings. The highest BCUT2D eigenvalue weighted by Gasteiger charge is 2.20. The molecule has 0 spiro atoms. The Hall–Kier alpha value is -4.24. The second-order valence-electron chi connectivity index (χ2n) is 7.76. The standard InChI is InChI=1S/C24H20ClN7O2/c1-15-5-3-8-19(28-15)22-21(17-9-10-20-26-14-27-32(20)13-17)29-23(30-22)34-24(33)31(2)12-16-6-4-7-18(25)11-16/h3-11,13-14H,12H2,1-2H3,(H,29,30). The van der Waals surface area contributed by atoms with Gasteiger partial charge >= 0.3 is 12.1 Å². The van der Waals surface area contributed by atoms with E-state index in [2.05, 4.69) is 25.0 Å². The number of benzene rings is 1. The molecule has 170 valence electrons. The topological polar surface area (TPSA) is 101 Å². The van der Waals surface area contributed by atoms with Crippen molar-refractivity contribution in [1.29, 1.82) is 0 Å². The molecule has 0 saturated heterocycles. The highest BCUT2D eigenvalue weighted by Crippen LogP contribution is 2.31. The number of aryl methyl sites for hydroxylation is 1. The van der Waals surface area contributed by atoms with Gasteiger partial charge in [-0.3, -0.25) is 4.98 Å². The van der Waals surface area contributed by atoms with Crippen LogP contribution in [0, 0.1) is 6.92 Å². The Kier molecular flexibility index (Phi) is 5.69. The Morgan fingerprint density at radius 3 is 2.82 bits per heavy atom. The average Bonchev–Trinajstić information content (AvgIpc) is 3.45. The molecule has 10 heteroatoms. The fraction of sp³-hybridized carbons (Fsp3) is 0.125. The Morgan fingerprint density at radius 2 is 2.00 bits per heavy atom. The lowest BCUT2D eigenvalue weighted by Gasteiger charge is -2.15. The first-order chi connectivity index (χ1) is 16.5. The Labute approximate surface area is 200 Å². The molecule has 0 bridgehead atoms. The Balaban J connectivity index is 1.46. The van der Waals surface area contributed by atoms with Crippen molar-refractivity contribution in [3.8, 4) is 28.7 Å². The van der Waals surface area contributed by atoms with E-state index < -0.39 is 6.09 Å². The molecule has 0 unspecified atom stereocenters. The fourth-order valence-corrected chi connectivity index (χ4v) is 3.78. The first-order valence-electron chi connectivity index (χ1n) is 10.5. The van der Waals surface area contributed by atoms with Crippen molar-refractivity contribution in [3.05, 3.63) is 83.4 Å². The number of H-pyrrole nitrogens is 1. The second-order valence-corrected chi connectivity index (χ2v) is 8.20. The van der Waals surface area contributed by atoms with Gasteiger partial charge < -0.3 is 14.6 Å². The SMILES string of the molecule is Cc1cccc(-c2[nH]c(OC(=O)N(C)Cc3cccc(Cl)c3)nc2-c2ccc3ncnn3c2)n1. The number of pyridine rings is 2. The summed E-state index contributed by atoms with van der Waals surface area (Å²) in [6.45, 7) is 2.25. The fourth-order valence-electron chi connectivity index (χ4n) is 3.57. The van der Waals surface area contributed by atoms with Crippen molar-refractivity contribution in [2.45, 2.75) is 13.5 Å². The molecule has 1 amide bonds. The third-order valence-corrected chi connectivity index (χ3v) is 5.41. The summed E-state index contributed by atoms with van der Waals surface area (Å²) in [6.07, 6.45) is 2.74. The average molecular weight is 474 g/mol. The summed E-state index contributed by atoms with van der Waals surface area (Å²) in [4.78, 5) is 30.7. The summed E-state index contributed by atoms with van der Waals surface area (Å²) in [6, 6.07) is 16.8. The number of rotatable bonds is 5. The van der Waals surface area contributed by atoms with E-state index in [1.807, 2.05) is 55.6 Å². The number of hydrogen-bond donors (Lipinski definition) is 1. The maximum absolute atomic E-state index is 12.8. The van der Waals surface area contributed by atoms with Crippen LogP contribution in [-0.2, 0) is 6.54 Å². The molecule has 9 nitrogen and oxygen atoms in total. The van der Waals surface area contributed by atoms with Crippen LogP contribution >= 0.6 is 11.6 Å².